The number of imide groups is 2. The van der Waals surface area contributed by atoms with Crippen LogP contribution in [0.5, 0.6) is 0 Å². The van der Waals surface area contributed by atoms with Crippen molar-refractivity contribution >= 4 is 23.6 Å². The lowest BCUT2D eigenvalue weighted by Gasteiger charge is -2.52. The summed E-state index contributed by atoms with van der Waals surface area (Å²) in [5.74, 6) is 0.446. The molecule has 1 unspecified atom stereocenters. The number of hydrogen-bond donors (Lipinski definition) is 0. The van der Waals surface area contributed by atoms with E-state index in [2.05, 4.69) is 6.58 Å². The van der Waals surface area contributed by atoms with Gasteiger partial charge in [-0.15, -0.1) is 0 Å². The molecule has 2 heterocycles. The maximum atomic E-state index is 13.1. The predicted molar refractivity (Wildman–Crippen MR) is 126 cm³/mol. The first-order chi connectivity index (χ1) is 15.6. The molecule has 33 heavy (non-hydrogen) atoms. The van der Waals surface area contributed by atoms with Crippen LogP contribution in [0.3, 0.4) is 0 Å². The van der Waals surface area contributed by atoms with E-state index in [0.29, 0.717) is 25.7 Å². The molecule has 2 saturated heterocycles. The van der Waals surface area contributed by atoms with Crippen LogP contribution in [0.25, 0.3) is 0 Å². The number of likely N-dealkylation sites (tertiary alicyclic amines) is 2. The SMILES string of the molecule is C=C(/C=C(\CCC1CCC1)CC(CC)N1C(=O)CC1=O)C(C)(C)N1C(=O)C2(CCCC2)C1=O. The van der Waals surface area contributed by atoms with Crippen LogP contribution >= 0.6 is 0 Å². The number of nitrogens with zero attached hydrogens (tertiary/aromatic N) is 2. The number of hydrogen-bond acceptors (Lipinski definition) is 4. The fourth-order valence-electron chi connectivity index (χ4n) is 5.92. The monoisotopic (exact) mass is 454 g/mol. The molecule has 6 heteroatoms. The lowest BCUT2D eigenvalue weighted by Crippen LogP contribution is -2.71. The molecule has 2 saturated carbocycles. The standard InChI is InChI=1S/C27H38N2O4/c1-5-21(28-22(30)17-23(28)31)16-20(12-11-19-9-8-10-19)15-18(2)26(3,4)29-24(32)27(25(29)33)13-6-7-14-27/h15,19,21H,2,5-14,16-17H2,1,3-4H3/b20-15+. The molecular formula is C27H38N2O4. The molecule has 0 bridgehead atoms. The Morgan fingerprint density at radius 1 is 1.09 bits per heavy atom. The van der Waals surface area contributed by atoms with Crippen LogP contribution in [0.1, 0.15) is 97.8 Å². The van der Waals surface area contributed by atoms with Gasteiger partial charge in [-0.2, -0.15) is 0 Å². The fourth-order valence-corrected chi connectivity index (χ4v) is 5.92. The normalized spacial score (nSPS) is 24.2. The number of amides is 4. The summed E-state index contributed by atoms with van der Waals surface area (Å²) in [4.78, 5) is 53.1. The van der Waals surface area contributed by atoms with Gasteiger partial charge in [0.05, 0.1) is 5.54 Å². The first-order valence-electron chi connectivity index (χ1n) is 12.7. The minimum atomic E-state index is -0.798. The van der Waals surface area contributed by atoms with Crippen molar-refractivity contribution in [3.63, 3.8) is 0 Å². The van der Waals surface area contributed by atoms with E-state index < -0.39 is 11.0 Å². The first-order valence-corrected chi connectivity index (χ1v) is 12.7. The molecule has 1 spiro atoms. The molecule has 4 aliphatic rings. The molecule has 6 nitrogen and oxygen atoms in total. The van der Waals surface area contributed by atoms with Crippen molar-refractivity contribution < 1.29 is 19.2 Å². The molecule has 2 aliphatic carbocycles. The zero-order chi connectivity index (χ0) is 24.0. The Kier molecular flexibility index (Phi) is 6.41. The van der Waals surface area contributed by atoms with Crippen molar-refractivity contribution in [1.29, 1.82) is 0 Å². The summed E-state index contributed by atoms with van der Waals surface area (Å²) < 4.78 is 0. The summed E-state index contributed by atoms with van der Waals surface area (Å²) >= 11 is 0. The zero-order valence-corrected chi connectivity index (χ0v) is 20.5. The molecule has 0 aromatic rings. The predicted octanol–water partition coefficient (Wildman–Crippen LogP) is 4.68. The highest BCUT2D eigenvalue weighted by Gasteiger charge is 2.65. The van der Waals surface area contributed by atoms with Gasteiger partial charge in [-0.1, -0.05) is 57.3 Å². The van der Waals surface area contributed by atoms with Gasteiger partial charge >= 0.3 is 0 Å². The topological polar surface area (TPSA) is 74.8 Å². The molecular weight excluding hydrogens is 416 g/mol. The van der Waals surface area contributed by atoms with E-state index in [1.54, 1.807) is 0 Å². The van der Waals surface area contributed by atoms with E-state index in [0.717, 1.165) is 42.7 Å². The summed E-state index contributed by atoms with van der Waals surface area (Å²) in [5, 5.41) is 0. The molecule has 0 radical (unpaired) electrons. The molecule has 0 aromatic heterocycles. The molecule has 180 valence electrons. The highest BCUT2D eigenvalue weighted by molar-refractivity contribution is 6.22. The zero-order valence-electron chi connectivity index (χ0n) is 20.5. The van der Waals surface area contributed by atoms with Crippen LogP contribution in [-0.2, 0) is 19.2 Å². The Bertz CT molecular complexity index is 873. The first kappa shape index (κ1) is 23.9. The van der Waals surface area contributed by atoms with Gasteiger partial charge in [0.25, 0.3) is 0 Å². The van der Waals surface area contributed by atoms with Crippen molar-refractivity contribution in [2.75, 3.05) is 0 Å². The van der Waals surface area contributed by atoms with Crippen LogP contribution in [-0.4, -0.2) is 45.0 Å². The number of carbonyl (C=O) groups is 4. The van der Waals surface area contributed by atoms with Crippen LogP contribution in [0, 0.1) is 11.3 Å². The average Bonchev–Trinajstić information content (AvgIpc) is 3.24. The largest absolute Gasteiger partial charge is 0.278 e. The molecule has 4 amide bonds. The second kappa shape index (κ2) is 8.84. The molecule has 0 aromatic carbocycles. The highest BCUT2D eigenvalue weighted by atomic mass is 16.2. The van der Waals surface area contributed by atoms with Gasteiger partial charge in [0.1, 0.15) is 11.8 Å². The molecule has 1 atom stereocenters. The summed E-state index contributed by atoms with van der Waals surface area (Å²) in [6.45, 7) is 10.1. The van der Waals surface area contributed by atoms with Crippen LogP contribution < -0.4 is 0 Å². The van der Waals surface area contributed by atoms with Gasteiger partial charge in [0, 0.05) is 6.04 Å². The maximum absolute atomic E-state index is 13.1. The van der Waals surface area contributed by atoms with Gasteiger partial charge in [0.15, 0.2) is 0 Å². The molecule has 4 rings (SSSR count). The molecule has 2 aliphatic heterocycles. The summed E-state index contributed by atoms with van der Waals surface area (Å²) in [6, 6.07) is -0.142. The third-order valence-electron chi connectivity index (χ3n) is 8.68. The van der Waals surface area contributed by atoms with Gasteiger partial charge in [-0.3, -0.25) is 29.0 Å². The van der Waals surface area contributed by atoms with Crippen molar-refractivity contribution in [2.45, 2.75) is 109 Å². The molecule has 4 fully saturated rings. The number of β-lactam (4-membered cyclic amide) rings is 4. The Hall–Kier alpha value is -2.24. The van der Waals surface area contributed by atoms with Gasteiger partial charge in [0.2, 0.25) is 23.6 Å². The molecule has 0 N–H and O–H groups in total. The Labute approximate surface area is 197 Å². The van der Waals surface area contributed by atoms with E-state index >= 15 is 0 Å². The van der Waals surface area contributed by atoms with E-state index in [9.17, 15) is 19.2 Å². The smallest absolute Gasteiger partial charge is 0.245 e. The van der Waals surface area contributed by atoms with Crippen molar-refractivity contribution in [3.05, 3.63) is 23.8 Å². The number of carbonyl (C=O) groups excluding carboxylic acids is 4. The summed E-state index contributed by atoms with van der Waals surface area (Å²) in [5.41, 5.74) is 0.306. The Balaban J connectivity index is 1.51. The third kappa shape index (κ3) is 4.00. The Morgan fingerprint density at radius 3 is 2.18 bits per heavy atom. The van der Waals surface area contributed by atoms with Crippen LogP contribution in [0.2, 0.25) is 0 Å². The average molecular weight is 455 g/mol. The van der Waals surface area contributed by atoms with Crippen LogP contribution in [0.15, 0.2) is 23.8 Å². The Morgan fingerprint density at radius 2 is 1.70 bits per heavy atom. The van der Waals surface area contributed by atoms with Gasteiger partial charge in [-0.05, 0) is 63.9 Å². The van der Waals surface area contributed by atoms with E-state index in [-0.39, 0.29) is 36.1 Å². The second-order valence-corrected chi connectivity index (χ2v) is 11.1. The minimum Gasteiger partial charge on any atom is -0.278 e. The minimum absolute atomic E-state index is 0.0122. The summed E-state index contributed by atoms with van der Waals surface area (Å²) in [6.07, 6.45) is 12.4. The fraction of sp³-hybridized carbons (Fsp3) is 0.704. The van der Waals surface area contributed by atoms with Gasteiger partial charge in [-0.25, -0.2) is 0 Å². The lowest BCUT2D eigenvalue weighted by atomic mass is 9.72. The van der Waals surface area contributed by atoms with Crippen molar-refractivity contribution in [3.8, 4) is 0 Å². The maximum Gasteiger partial charge on any atom is 0.245 e. The van der Waals surface area contributed by atoms with E-state index in [4.69, 9.17) is 0 Å². The van der Waals surface area contributed by atoms with Crippen molar-refractivity contribution in [1.82, 2.24) is 9.80 Å². The highest BCUT2D eigenvalue weighted by Crippen LogP contribution is 2.51. The quantitative estimate of drug-likeness (QED) is 0.273. The van der Waals surface area contributed by atoms with E-state index in [1.165, 1.54) is 29.1 Å². The second-order valence-electron chi connectivity index (χ2n) is 11.1. The van der Waals surface area contributed by atoms with Crippen molar-refractivity contribution in [2.24, 2.45) is 11.3 Å². The van der Waals surface area contributed by atoms with Crippen LogP contribution in [0.4, 0.5) is 0 Å². The van der Waals surface area contributed by atoms with Gasteiger partial charge < -0.3 is 0 Å². The summed E-state index contributed by atoms with van der Waals surface area (Å²) in [7, 11) is 0. The number of rotatable bonds is 10. The van der Waals surface area contributed by atoms with E-state index in [1.807, 2.05) is 26.8 Å². The lowest BCUT2D eigenvalue weighted by molar-refractivity contribution is -0.182. The third-order valence-corrected chi connectivity index (χ3v) is 8.68.